The first-order valence-corrected chi connectivity index (χ1v) is 9.43. The summed E-state index contributed by atoms with van der Waals surface area (Å²) in [5, 5.41) is 3.57. The topological polar surface area (TPSA) is 18.5 Å². The largest absolute Gasteiger partial charge is 0.317 e. The molecule has 0 spiro atoms. The molecule has 3 heteroatoms. The number of hydrogen-bond acceptors (Lipinski definition) is 3. The number of piperidine rings is 4. The molecule has 4 aliphatic rings. The highest BCUT2D eigenvalue weighted by Gasteiger charge is 2.45. The van der Waals surface area contributed by atoms with Gasteiger partial charge in [0.2, 0.25) is 0 Å². The van der Waals surface area contributed by atoms with Crippen LogP contribution in [0.4, 0.5) is 0 Å². The van der Waals surface area contributed by atoms with E-state index in [-0.39, 0.29) is 0 Å². The summed E-state index contributed by atoms with van der Waals surface area (Å²) in [6.45, 7) is 0. The summed E-state index contributed by atoms with van der Waals surface area (Å²) < 4.78 is 0. The smallest absolute Gasteiger partial charge is 0.0131 e. The van der Waals surface area contributed by atoms with Crippen molar-refractivity contribution >= 4 is 0 Å². The molecule has 4 rings (SSSR count). The minimum Gasteiger partial charge on any atom is -0.317 e. The van der Waals surface area contributed by atoms with Gasteiger partial charge in [0.15, 0.2) is 0 Å². The lowest BCUT2D eigenvalue weighted by Crippen LogP contribution is -2.63. The number of nitrogens with zero attached hydrogens (tertiary/aromatic N) is 2. The molecule has 0 radical (unpaired) electrons. The lowest BCUT2D eigenvalue weighted by atomic mass is 9.76. The second-order valence-corrected chi connectivity index (χ2v) is 8.17. The highest BCUT2D eigenvalue weighted by Crippen LogP contribution is 2.42. The molecule has 4 atom stereocenters. The van der Waals surface area contributed by atoms with E-state index >= 15 is 0 Å². The van der Waals surface area contributed by atoms with Gasteiger partial charge in [-0.05, 0) is 65.5 Å². The Morgan fingerprint density at radius 3 is 1.76 bits per heavy atom. The van der Waals surface area contributed by atoms with Crippen LogP contribution in [0.2, 0.25) is 0 Å². The van der Waals surface area contributed by atoms with Crippen molar-refractivity contribution in [2.24, 2.45) is 0 Å². The van der Waals surface area contributed by atoms with Crippen molar-refractivity contribution < 1.29 is 0 Å². The van der Waals surface area contributed by atoms with Crippen LogP contribution in [0.15, 0.2) is 0 Å². The quantitative estimate of drug-likeness (QED) is 0.844. The predicted molar refractivity (Wildman–Crippen MR) is 87.6 cm³/mol. The van der Waals surface area contributed by atoms with Crippen molar-refractivity contribution in [3.05, 3.63) is 0 Å². The van der Waals surface area contributed by atoms with Crippen molar-refractivity contribution in [1.29, 1.82) is 0 Å². The van der Waals surface area contributed by atoms with E-state index in [1.165, 1.54) is 64.2 Å². The SMILES string of the molecule is CNC1CC2CCCC(C1)N2C1CC2CCCC(C1)N2C. The Balaban J connectivity index is 1.51. The Kier molecular flexibility index (Phi) is 4.01. The minimum absolute atomic E-state index is 0.780. The molecular weight excluding hydrogens is 258 g/mol. The van der Waals surface area contributed by atoms with Gasteiger partial charge in [-0.2, -0.15) is 0 Å². The highest BCUT2D eigenvalue weighted by atomic mass is 15.3. The number of nitrogens with one attached hydrogen (secondary N) is 1. The van der Waals surface area contributed by atoms with Crippen LogP contribution in [-0.4, -0.2) is 60.1 Å². The molecule has 0 aliphatic carbocycles. The van der Waals surface area contributed by atoms with Gasteiger partial charge in [-0.1, -0.05) is 12.8 Å². The Morgan fingerprint density at radius 2 is 1.24 bits per heavy atom. The number of hydrogen-bond donors (Lipinski definition) is 1. The maximum Gasteiger partial charge on any atom is 0.0131 e. The van der Waals surface area contributed by atoms with Gasteiger partial charge in [0.1, 0.15) is 0 Å². The van der Waals surface area contributed by atoms with Crippen LogP contribution in [-0.2, 0) is 0 Å². The number of fused-ring (bicyclic) bond motifs is 4. The fourth-order valence-electron chi connectivity index (χ4n) is 6.08. The predicted octanol–water partition coefficient (Wildman–Crippen LogP) is 2.61. The first-order valence-electron chi connectivity index (χ1n) is 9.43. The zero-order chi connectivity index (χ0) is 14.4. The van der Waals surface area contributed by atoms with Crippen LogP contribution in [0.25, 0.3) is 0 Å². The third kappa shape index (κ3) is 2.55. The van der Waals surface area contributed by atoms with Crippen molar-refractivity contribution in [3.63, 3.8) is 0 Å². The fourth-order valence-corrected chi connectivity index (χ4v) is 6.08. The van der Waals surface area contributed by atoms with Crippen molar-refractivity contribution in [3.8, 4) is 0 Å². The maximum absolute atomic E-state index is 3.57. The fraction of sp³-hybridized carbons (Fsp3) is 1.00. The Hall–Kier alpha value is -0.120. The average Bonchev–Trinajstić information content (AvgIpc) is 2.45. The molecule has 4 aliphatic heterocycles. The molecule has 0 aromatic heterocycles. The normalized spacial score (nSPS) is 48.3. The summed E-state index contributed by atoms with van der Waals surface area (Å²) in [5.41, 5.74) is 0. The van der Waals surface area contributed by atoms with Crippen molar-refractivity contribution in [1.82, 2.24) is 15.1 Å². The van der Waals surface area contributed by atoms with Crippen molar-refractivity contribution in [2.75, 3.05) is 14.1 Å². The summed E-state index contributed by atoms with van der Waals surface area (Å²) >= 11 is 0. The zero-order valence-corrected chi connectivity index (χ0v) is 13.9. The van der Waals surface area contributed by atoms with Crippen LogP contribution in [0, 0.1) is 0 Å². The first-order chi connectivity index (χ1) is 10.3. The lowest BCUT2D eigenvalue weighted by molar-refractivity contribution is -0.0616. The number of rotatable bonds is 2. The highest BCUT2D eigenvalue weighted by molar-refractivity contribution is 5.02. The second kappa shape index (κ2) is 5.82. The van der Waals surface area contributed by atoms with Gasteiger partial charge in [0.25, 0.3) is 0 Å². The average molecular weight is 291 g/mol. The molecule has 0 saturated carbocycles. The molecule has 4 unspecified atom stereocenters. The van der Waals surface area contributed by atoms with Crippen molar-refractivity contribution in [2.45, 2.75) is 100 Å². The van der Waals surface area contributed by atoms with Gasteiger partial charge >= 0.3 is 0 Å². The Labute approximate surface area is 130 Å². The molecule has 0 amide bonds. The van der Waals surface area contributed by atoms with Crippen LogP contribution in [0.3, 0.4) is 0 Å². The monoisotopic (exact) mass is 291 g/mol. The minimum atomic E-state index is 0.780. The van der Waals surface area contributed by atoms with E-state index in [9.17, 15) is 0 Å². The van der Waals surface area contributed by atoms with Crippen LogP contribution >= 0.6 is 0 Å². The molecule has 4 saturated heterocycles. The molecule has 21 heavy (non-hydrogen) atoms. The molecule has 0 aromatic rings. The summed E-state index contributed by atoms with van der Waals surface area (Å²) in [5.74, 6) is 0. The Morgan fingerprint density at radius 1 is 0.714 bits per heavy atom. The maximum atomic E-state index is 3.57. The van der Waals surface area contributed by atoms with Crippen LogP contribution < -0.4 is 5.32 Å². The van der Waals surface area contributed by atoms with Gasteiger partial charge in [0, 0.05) is 36.3 Å². The third-order valence-electron chi connectivity index (χ3n) is 7.18. The Bertz CT molecular complexity index is 343. The van der Waals surface area contributed by atoms with Gasteiger partial charge in [-0.25, -0.2) is 0 Å². The summed E-state index contributed by atoms with van der Waals surface area (Å²) in [7, 11) is 4.55. The lowest BCUT2D eigenvalue weighted by Gasteiger charge is -2.57. The molecule has 120 valence electrons. The first kappa shape index (κ1) is 14.5. The molecule has 0 aromatic carbocycles. The molecule has 4 bridgehead atoms. The summed E-state index contributed by atoms with van der Waals surface area (Å²) in [6, 6.07) is 5.19. The summed E-state index contributed by atoms with van der Waals surface area (Å²) in [6.07, 6.45) is 14.4. The van der Waals surface area contributed by atoms with Gasteiger partial charge in [0.05, 0.1) is 0 Å². The summed E-state index contributed by atoms with van der Waals surface area (Å²) in [4.78, 5) is 5.74. The third-order valence-corrected chi connectivity index (χ3v) is 7.18. The van der Waals surface area contributed by atoms with Gasteiger partial charge in [-0.3, -0.25) is 4.90 Å². The molecule has 3 nitrogen and oxygen atoms in total. The van der Waals surface area contributed by atoms with E-state index < -0.39 is 0 Å². The van der Waals surface area contributed by atoms with E-state index in [1.54, 1.807) is 0 Å². The van der Waals surface area contributed by atoms with Crippen LogP contribution in [0.1, 0.15) is 64.2 Å². The molecule has 4 heterocycles. The van der Waals surface area contributed by atoms with Gasteiger partial charge in [-0.15, -0.1) is 0 Å². The van der Waals surface area contributed by atoms with Gasteiger partial charge < -0.3 is 10.2 Å². The van der Waals surface area contributed by atoms with E-state index in [1.807, 2.05) is 0 Å². The molecule has 4 fully saturated rings. The molecule has 1 N–H and O–H groups in total. The van der Waals surface area contributed by atoms with E-state index in [4.69, 9.17) is 0 Å². The van der Waals surface area contributed by atoms with E-state index in [0.29, 0.717) is 0 Å². The molecular formula is C18H33N3. The van der Waals surface area contributed by atoms with Crippen LogP contribution in [0.5, 0.6) is 0 Å². The second-order valence-electron chi connectivity index (χ2n) is 8.17. The van der Waals surface area contributed by atoms with E-state index in [0.717, 1.165) is 36.3 Å². The standard InChI is InChI=1S/C18H33N3/c1-19-13-9-16-7-4-8-17(10-13)21(16)18-11-14-5-3-6-15(12-18)20(14)2/h13-19H,3-12H2,1-2H3. The van der Waals surface area contributed by atoms with E-state index in [2.05, 4.69) is 29.2 Å². The zero-order valence-electron chi connectivity index (χ0n) is 13.9.